The van der Waals surface area contributed by atoms with Gasteiger partial charge >= 0.3 is 6.03 Å². The van der Waals surface area contributed by atoms with Crippen LogP contribution < -0.4 is 16.0 Å². The van der Waals surface area contributed by atoms with Gasteiger partial charge in [-0.05, 0) is 30.5 Å². The number of carbonyl (C=O) groups is 2. The van der Waals surface area contributed by atoms with Crippen molar-refractivity contribution in [1.29, 1.82) is 0 Å². The molecule has 1 saturated carbocycles. The Morgan fingerprint density at radius 2 is 2.00 bits per heavy atom. The number of likely N-dealkylation sites (N-methyl/N-ethyl adjacent to an activating group) is 1. The molecule has 1 aliphatic carbocycles. The highest BCUT2D eigenvalue weighted by Gasteiger charge is 2.13. The predicted molar refractivity (Wildman–Crippen MR) is 101 cm³/mol. The van der Waals surface area contributed by atoms with Crippen molar-refractivity contribution in [2.24, 2.45) is 0 Å². The van der Waals surface area contributed by atoms with E-state index in [4.69, 9.17) is 0 Å². The zero-order valence-corrected chi connectivity index (χ0v) is 15.1. The van der Waals surface area contributed by atoms with E-state index in [0.717, 1.165) is 16.6 Å². The third kappa shape index (κ3) is 6.83. The van der Waals surface area contributed by atoms with E-state index < -0.39 is 0 Å². The van der Waals surface area contributed by atoms with Gasteiger partial charge in [-0.25, -0.2) is 4.79 Å². The van der Waals surface area contributed by atoms with Crippen molar-refractivity contribution >= 4 is 29.4 Å². The second-order valence-electron chi connectivity index (χ2n) is 6.06. The summed E-state index contributed by atoms with van der Waals surface area (Å²) in [6, 6.07) is 7.16. The fraction of sp³-hybridized carbons (Fsp3) is 0.556. The molecule has 1 fully saturated rings. The molecule has 1 aromatic carbocycles. The number of hydrogen-bond donors (Lipinski definition) is 3. The average Bonchev–Trinajstić information content (AvgIpc) is 2.60. The van der Waals surface area contributed by atoms with E-state index in [1.807, 2.05) is 36.0 Å². The summed E-state index contributed by atoms with van der Waals surface area (Å²) in [5.74, 6) is 0.908. The number of urea groups is 1. The van der Waals surface area contributed by atoms with Crippen molar-refractivity contribution < 1.29 is 9.59 Å². The minimum Gasteiger partial charge on any atom is -0.359 e. The van der Waals surface area contributed by atoms with Gasteiger partial charge in [-0.15, -0.1) is 0 Å². The van der Waals surface area contributed by atoms with Crippen LogP contribution in [0.4, 0.5) is 10.5 Å². The summed E-state index contributed by atoms with van der Waals surface area (Å²) < 4.78 is 0. The quantitative estimate of drug-likeness (QED) is 0.662. The summed E-state index contributed by atoms with van der Waals surface area (Å²) >= 11 is 1.97. The first-order valence-electron chi connectivity index (χ1n) is 8.63. The number of amides is 3. The van der Waals surface area contributed by atoms with Crippen LogP contribution in [0.25, 0.3) is 0 Å². The van der Waals surface area contributed by atoms with E-state index in [2.05, 4.69) is 16.0 Å². The van der Waals surface area contributed by atoms with Crippen LogP contribution in [0.3, 0.4) is 0 Å². The Kier molecular flexibility index (Phi) is 7.95. The fourth-order valence-electron chi connectivity index (χ4n) is 2.83. The number of carbonyl (C=O) groups excluding carboxylic acids is 2. The lowest BCUT2D eigenvalue weighted by Crippen LogP contribution is -2.31. The van der Waals surface area contributed by atoms with Crippen LogP contribution in [-0.2, 0) is 11.2 Å². The van der Waals surface area contributed by atoms with Gasteiger partial charge in [0.1, 0.15) is 0 Å². The molecule has 0 bridgehead atoms. The van der Waals surface area contributed by atoms with Gasteiger partial charge in [-0.1, -0.05) is 31.4 Å². The molecule has 0 aromatic heterocycles. The molecule has 0 unspecified atom stereocenters. The normalized spacial score (nSPS) is 14.9. The minimum absolute atomic E-state index is 0.0451. The third-order valence-corrected chi connectivity index (χ3v) is 5.50. The van der Waals surface area contributed by atoms with E-state index >= 15 is 0 Å². The van der Waals surface area contributed by atoms with Gasteiger partial charge in [0.2, 0.25) is 5.91 Å². The van der Waals surface area contributed by atoms with Crippen molar-refractivity contribution in [2.45, 2.75) is 43.8 Å². The van der Waals surface area contributed by atoms with Crippen LogP contribution in [-0.4, -0.2) is 36.5 Å². The zero-order valence-electron chi connectivity index (χ0n) is 14.3. The van der Waals surface area contributed by atoms with Crippen LogP contribution in [0.2, 0.25) is 0 Å². The Morgan fingerprint density at radius 3 is 2.75 bits per heavy atom. The third-order valence-electron chi connectivity index (χ3n) is 4.12. The number of thioether (sulfide) groups is 1. The van der Waals surface area contributed by atoms with E-state index in [0.29, 0.717) is 18.7 Å². The van der Waals surface area contributed by atoms with Gasteiger partial charge in [-0.3, -0.25) is 4.79 Å². The van der Waals surface area contributed by atoms with Gasteiger partial charge < -0.3 is 16.0 Å². The molecule has 5 nitrogen and oxygen atoms in total. The largest absolute Gasteiger partial charge is 0.359 e. The highest BCUT2D eigenvalue weighted by molar-refractivity contribution is 7.99. The van der Waals surface area contributed by atoms with Crippen molar-refractivity contribution in [3.05, 3.63) is 29.8 Å². The summed E-state index contributed by atoms with van der Waals surface area (Å²) in [7, 11) is 1.61. The summed E-state index contributed by atoms with van der Waals surface area (Å²) in [4.78, 5) is 23.3. The summed E-state index contributed by atoms with van der Waals surface area (Å²) in [6.45, 7) is 0.672. The highest BCUT2D eigenvalue weighted by Crippen LogP contribution is 2.27. The lowest BCUT2D eigenvalue weighted by molar-refractivity contribution is -0.119. The van der Waals surface area contributed by atoms with Crippen LogP contribution in [0.15, 0.2) is 24.3 Å². The van der Waals surface area contributed by atoms with E-state index in [9.17, 15) is 9.59 Å². The van der Waals surface area contributed by atoms with Crippen molar-refractivity contribution in [1.82, 2.24) is 10.6 Å². The van der Waals surface area contributed by atoms with Gasteiger partial charge in [-0.2, -0.15) is 11.8 Å². The highest BCUT2D eigenvalue weighted by atomic mass is 32.2. The first kappa shape index (κ1) is 18.6. The molecule has 0 saturated heterocycles. The molecule has 3 N–H and O–H groups in total. The first-order chi connectivity index (χ1) is 11.7. The Morgan fingerprint density at radius 1 is 1.21 bits per heavy atom. The number of anilines is 1. The second-order valence-corrected chi connectivity index (χ2v) is 7.47. The topological polar surface area (TPSA) is 70.2 Å². The molecule has 1 aromatic rings. The molecule has 0 spiro atoms. The number of nitrogens with one attached hydrogen (secondary N) is 3. The molecule has 24 heavy (non-hydrogen) atoms. The van der Waals surface area contributed by atoms with Crippen LogP contribution in [0, 0.1) is 0 Å². The smallest absolute Gasteiger partial charge is 0.319 e. The second kappa shape index (κ2) is 10.2. The Bertz CT molecular complexity index is 545. The summed E-state index contributed by atoms with van der Waals surface area (Å²) in [5.41, 5.74) is 1.58. The fourth-order valence-corrected chi connectivity index (χ4v) is 4.05. The molecule has 0 heterocycles. The minimum atomic E-state index is -0.198. The average molecular weight is 350 g/mol. The van der Waals surface area contributed by atoms with Crippen molar-refractivity contribution in [3.63, 3.8) is 0 Å². The van der Waals surface area contributed by atoms with E-state index in [-0.39, 0.29) is 11.9 Å². The van der Waals surface area contributed by atoms with Crippen LogP contribution in [0.5, 0.6) is 0 Å². The lowest BCUT2D eigenvalue weighted by Gasteiger charge is -2.20. The number of benzene rings is 1. The van der Waals surface area contributed by atoms with Crippen LogP contribution >= 0.6 is 11.8 Å². The van der Waals surface area contributed by atoms with Gasteiger partial charge in [0, 0.05) is 30.3 Å². The standard InChI is InChI=1S/C18H27N3O2S/c1-19-17(22)13-14-6-5-7-15(12-14)21-18(23)20-10-11-24-16-8-3-2-4-9-16/h5-7,12,16H,2-4,8-11,13H2,1H3,(H,19,22)(H2,20,21,23). The maximum atomic E-state index is 11.9. The molecule has 2 rings (SSSR count). The maximum Gasteiger partial charge on any atom is 0.319 e. The van der Waals surface area contributed by atoms with Crippen LogP contribution in [0.1, 0.15) is 37.7 Å². The SMILES string of the molecule is CNC(=O)Cc1cccc(NC(=O)NCCSC2CCCCC2)c1. The van der Waals surface area contributed by atoms with Crippen molar-refractivity contribution in [3.8, 4) is 0 Å². The van der Waals surface area contributed by atoms with E-state index in [1.165, 1.54) is 32.1 Å². The molecule has 3 amide bonds. The number of hydrogen-bond acceptors (Lipinski definition) is 3. The molecule has 0 aliphatic heterocycles. The van der Waals surface area contributed by atoms with Crippen molar-refractivity contribution in [2.75, 3.05) is 24.7 Å². The summed E-state index contributed by atoms with van der Waals surface area (Å²) in [5, 5.41) is 9.08. The van der Waals surface area contributed by atoms with Gasteiger partial charge in [0.25, 0.3) is 0 Å². The first-order valence-corrected chi connectivity index (χ1v) is 9.68. The monoisotopic (exact) mass is 349 g/mol. The molecule has 0 atom stereocenters. The molecule has 1 aliphatic rings. The molecule has 0 radical (unpaired) electrons. The predicted octanol–water partition coefficient (Wildman–Crippen LogP) is 3.16. The van der Waals surface area contributed by atoms with Gasteiger partial charge in [0.05, 0.1) is 6.42 Å². The summed E-state index contributed by atoms with van der Waals surface area (Å²) in [6.07, 6.45) is 7.00. The Hall–Kier alpha value is -1.69. The maximum absolute atomic E-state index is 11.9. The molecule has 132 valence electrons. The molecular weight excluding hydrogens is 322 g/mol. The lowest BCUT2D eigenvalue weighted by atomic mass is 10.0. The molecular formula is C18H27N3O2S. The Labute approximate surface area is 148 Å². The van der Waals surface area contributed by atoms with Gasteiger partial charge in [0.15, 0.2) is 0 Å². The number of rotatable bonds is 7. The zero-order chi connectivity index (χ0) is 17.2. The molecule has 6 heteroatoms. The van der Waals surface area contributed by atoms with E-state index in [1.54, 1.807) is 7.05 Å². The Balaban J connectivity index is 1.68.